The van der Waals surface area contributed by atoms with E-state index in [1.165, 1.54) is 6.92 Å². The summed E-state index contributed by atoms with van der Waals surface area (Å²) >= 11 is 5.97. The molecule has 2 amide bonds. The number of primary amides is 1. The number of rotatable bonds is 11. The second-order valence-corrected chi connectivity index (χ2v) is 10.1. The Hall–Kier alpha value is -4.64. The van der Waals surface area contributed by atoms with Gasteiger partial charge in [0, 0.05) is 28.3 Å². The molecule has 0 aliphatic rings. The predicted octanol–water partition coefficient (Wildman–Crippen LogP) is 5.04. The third-order valence-electron chi connectivity index (χ3n) is 6.66. The molecule has 0 aliphatic heterocycles. The van der Waals surface area contributed by atoms with Gasteiger partial charge in [-0.05, 0) is 37.3 Å². The molecule has 0 saturated heterocycles. The van der Waals surface area contributed by atoms with Crippen molar-refractivity contribution < 1.29 is 54.9 Å². The maximum Gasteiger partial charge on any atom is 0.424 e. The largest absolute Gasteiger partial charge is 0.494 e. The normalized spacial score (nSPS) is 13.1. The van der Waals surface area contributed by atoms with E-state index in [9.17, 15) is 45.4 Å². The number of amides is 2. The molecule has 0 radical (unpaired) electrons. The van der Waals surface area contributed by atoms with Crippen LogP contribution in [-0.4, -0.2) is 58.1 Å². The Bertz CT molecular complexity index is 1820. The van der Waals surface area contributed by atoms with Crippen molar-refractivity contribution in [1.29, 1.82) is 0 Å². The van der Waals surface area contributed by atoms with Crippen molar-refractivity contribution in [1.82, 2.24) is 20.1 Å². The molecular weight excluding hydrogens is 655 g/mol. The van der Waals surface area contributed by atoms with Gasteiger partial charge in [0.05, 0.1) is 37.4 Å². The average Bonchev–Trinajstić information content (AvgIpc) is 3.43. The van der Waals surface area contributed by atoms with Gasteiger partial charge in [-0.15, -0.1) is 0 Å². The van der Waals surface area contributed by atoms with E-state index >= 15 is 0 Å². The van der Waals surface area contributed by atoms with Crippen LogP contribution in [0.25, 0.3) is 22.2 Å². The molecule has 0 saturated carbocycles. The van der Waals surface area contributed by atoms with Crippen molar-refractivity contribution in [3.8, 4) is 22.8 Å². The van der Waals surface area contributed by atoms with E-state index in [0.29, 0.717) is 12.1 Å². The highest BCUT2D eigenvalue weighted by atomic mass is 35.5. The highest BCUT2D eigenvalue weighted by molar-refractivity contribution is 6.33. The topological polar surface area (TPSA) is 142 Å². The number of aliphatic hydroxyl groups is 1. The van der Waals surface area contributed by atoms with Gasteiger partial charge in [0.25, 0.3) is 5.91 Å². The zero-order chi connectivity index (χ0) is 34.1. The van der Waals surface area contributed by atoms with Crippen LogP contribution in [0.2, 0.25) is 5.02 Å². The zero-order valence-electron chi connectivity index (χ0n) is 23.7. The van der Waals surface area contributed by atoms with Crippen LogP contribution in [0.5, 0.6) is 11.5 Å². The quantitative estimate of drug-likeness (QED) is 0.149. The fourth-order valence-electron chi connectivity index (χ4n) is 4.47. The van der Waals surface area contributed by atoms with Gasteiger partial charge in [0.1, 0.15) is 22.7 Å². The molecule has 2 heterocycles. The summed E-state index contributed by atoms with van der Waals surface area (Å²) in [6.45, 7) is -3.27. The van der Waals surface area contributed by atoms with E-state index in [1.54, 1.807) is 0 Å². The first kappa shape index (κ1) is 34.2. The predicted molar refractivity (Wildman–Crippen MR) is 148 cm³/mol. The Labute approximate surface area is 259 Å². The second kappa shape index (κ2) is 13.0. The Morgan fingerprint density at radius 3 is 2.46 bits per heavy atom. The number of benzene rings is 2. The minimum absolute atomic E-state index is 0.00629. The molecule has 0 aliphatic carbocycles. The molecule has 0 unspecified atom stereocenters. The van der Waals surface area contributed by atoms with E-state index < -0.39 is 76.7 Å². The van der Waals surface area contributed by atoms with Crippen LogP contribution in [0.4, 0.5) is 30.7 Å². The van der Waals surface area contributed by atoms with Crippen molar-refractivity contribution in [3.05, 3.63) is 70.0 Å². The standard InChI is InChI=1S/C28H23ClF7N5O5/c1-3-46-24-12(9-19(37)42)8-18(39-23(24)15-4-5-16(30)21(31)20(15)29)27(44,28(34,35)36)11-38-25(43)13-6-14-10-41(26(32)33)40-22(14)17(7-13)45-2/h4-8,10,26,44H,3,9,11H2,1-2H3,(H2,37,42)(H,38,43)/t27-/m0/s1. The zero-order valence-corrected chi connectivity index (χ0v) is 24.4. The van der Waals surface area contributed by atoms with Gasteiger partial charge in [0.15, 0.2) is 11.6 Å². The van der Waals surface area contributed by atoms with Gasteiger partial charge in [0.2, 0.25) is 11.5 Å². The first-order valence-electron chi connectivity index (χ1n) is 13.0. The molecule has 0 fully saturated rings. The minimum Gasteiger partial charge on any atom is -0.494 e. The number of carbonyl (C=O) groups excluding carboxylic acids is 2. The number of hydrogen-bond acceptors (Lipinski definition) is 7. The summed E-state index contributed by atoms with van der Waals surface area (Å²) in [6, 6.07) is 4.30. The van der Waals surface area contributed by atoms with Gasteiger partial charge in [-0.25, -0.2) is 18.4 Å². The monoisotopic (exact) mass is 677 g/mol. The number of aromatic nitrogens is 3. The summed E-state index contributed by atoms with van der Waals surface area (Å²) < 4.78 is 109. The number of fused-ring (bicyclic) bond motifs is 1. The molecule has 46 heavy (non-hydrogen) atoms. The number of ether oxygens (including phenoxy) is 2. The van der Waals surface area contributed by atoms with Crippen LogP contribution < -0.4 is 20.5 Å². The lowest BCUT2D eigenvalue weighted by Gasteiger charge is -2.31. The molecule has 18 heteroatoms. The van der Waals surface area contributed by atoms with Gasteiger partial charge < -0.3 is 25.6 Å². The molecule has 2 aromatic carbocycles. The number of halogens is 8. The first-order chi connectivity index (χ1) is 21.5. The number of pyridine rings is 1. The Balaban J connectivity index is 1.84. The van der Waals surface area contributed by atoms with Crippen LogP contribution in [0.15, 0.2) is 36.5 Å². The van der Waals surface area contributed by atoms with E-state index in [4.69, 9.17) is 26.8 Å². The number of nitrogens with zero attached hydrogens (tertiary/aromatic N) is 3. The summed E-state index contributed by atoms with van der Waals surface area (Å²) in [5.74, 6) is -5.67. The van der Waals surface area contributed by atoms with Gasteiger partial charge in [-0.2, -0.15) is 27.1 Å². The molecular formula is C28H23ClF7N5O5. The molecule has 1 atom stereocenters. The fraction of sp³-hybridized carbons (Fsp3) is 0.286. The van der Waals surface area contributed by atoms with Gasteiger partial charge in [-0.1, -0.05) is 11.6 Å². The molecule has 0 bridgehead atoms. The first-order valence-corrected chi connectivity index (χ1v) is 13.4. The molecule has 2 aromatic heterocycles. The average molecular weight is 678 g/mol. The van der Waals surface area contributed by atoms with Crippen molar-refractivity contribution in [2.24, 2.45) is 5.73 Å². The minimum atomic E-state index is -5.56. The number of nitrogens with one attached hydrogen (secondary N) is 1. The third-order valence-corrected chi connectivity index (χ3v) is 7.03. The molecule has 4 rings (SSSR count). The molecule has 4 N–H and O–H groups in total. The van der Waals surface area contributed by atoms with Gasteiger partial charge in [-0.3, -0.25) is 9.59 Å². The summed E-state index contributed by atoms with van der Waals surface area (Å²) in [4.78, 5) is 28.8. The Morgan fingerprint density at radius 1 is 1.17 bits per heavy atom. The van der Waals surface area contributed by atoms with Crippen LogP contribution in [0.1, 0.15) is 35.1 Å². The second-order valence-electron chi connectivity index (χ2n) is 9.69. The lowest BCUT2D eigenvalue weighted by atomic mass is 9.93. The highest BCUT2D eigenvalue weighted by Gasteiger charge is 2.57. The summed E-state index contributed by atoms with van der Waals surface area (Å²) in [7, 11) is 1.15. The van der Waals surface area contributed by atoms with Crippen LogP contribution >= 0.6 is 11.6 Å². The fourth-order valence-corrected chi connectivity index (χ4v) is 4.71. The van der Waals surface area contributed by atoms with Crippen LogP contribution in [-0.2, 0) is 16.8 Å². The van der Waals surface area contributed by atoms with E-state index in [0.717, 1.165) is 31.5 Å². The smallest absolute Gasteiger partial charge is 0.424 e. The van der Waals surface area contributed by atoms with E-state index in [-0.39, 0.29) is 44.8 Å². The molecule has 10 nitrogen and oxygen atoms in total. The highest BCUT2D eigenvalue weighted by Crippen LogP contribution is 2.43. The summed E-state index contributed by atoms with van der Waals surface area (Å²) in [5, 5.41) is 15.8. The van der Waals surface area contributed by atoms with Crippen molar-refractivity contribution in [2.45, 2.75) is 31.7 Å². The molecule has 246 valence electrons. The van der Waals surface area contributed by atoms with Crippen molar-refractivity contribution in [2.75, 3.05) is 20.3 Å². The number of nitrogens with two attached hydrogens (primary N) is 1. The van der Waals surface area contributed by atoms with Crippen LogP contribution in [0, 0.1) is 11.6 Å². The van der Waals surface area contributed by atoms with Gasteiger partial charge >= 0.3 is 12.7 Å². The maximum atomic E-state index is 14.6. The number of hydrogen-bond donors (Lipinski definition) is 3. The lowest BCUT2D eigenvalue weighted by molar-refractivity contribution is -0.265. The third kappa shape index (κ3) is 6.50. The maximum absolute atomic E-state index is 14.6. The summed E-state index contributed by atoms with van der Waals surface area (Å²) in [5.41, 5.74) is -1.65. The molecule has 0 spiro atoms. The van der Waals surface area contributed by atoms with E-state index in [1.807, 2.05) is 5.32 Å². The number of methoxy groups -OCH3 is 1. The van der Waals surface area contributed by atoms with Crippen molar-refractivity contribution >= 4 is 34.3 Å². The number of alkyl halides is 5. The SMILES string of the molecule is CCOc1c(CC(N)=O)cc([C@@](O)(CNC(=O)c2cc(OC)c3nn(C(F)F)cc3c2)C(F)(F)F)nc1-c1ccc(F)c(F)c1Cl. The lowest BCUT2D eigenvalue weighted by Crippen LogP contribution is -2.51. The molecule has 4 aromatic rings. The van der Waals surface area contributed by atoms with E-state index in [2.05, 4.69) is 10.1 Å². The summed E-state index contributed by atoms with van der Waals surface area (Å²) in [6.07, 6.45) is -5.41. The van der Waals surface area contributed by atoms with Crippen LogP contribution in [0.3, 0.4) is 0 Å². The van der Waals surface area contributed by atoms with Crippen molar-refractivity contribution in [3.63, 3.8) is 0 Å². The Morgan fingerprint density at radius 2 is 1.87 bits per heavy atom. The Kier molecular flexibility index (Phi) is 9.67. The number of carbonyl (C=O) groups is 2.